The first-order chi connectivity index (χ1) is 8.26. The van der Waals surface area contributed by atoms with Crippen molar-refractivity contribution in [3.63, 3.8) is 0 Å². The van der Waals surface area contributed by atoms with Crippen molar-refractivity contribution in [3.8, 4) is 5.69 Å². The van der Waals surface area contributed by atoms with Gasteiger partial charge in [-0.05, 0) is 36.7 Å². The van der Waals surface area contributed by atoms with Crippen LogP contribution in [0.2, 0.25) is 0 Å². The molecule has 1 heterocycles. The number of hydrogen-bond acceptors (Lipinski definition) is 2. The molecule has 2 aromatic rings. The number of aryl methyl sites for hydroxylation is 1. The van der Waals surface area contributed by atoms with E-state index in [-0.39, 0.29) is 5.82 Å². The zero-order chi connectivity index (χ0) is 12.3. The van der Waals surface area contributed by atoms with Crippen LogP contribution in [0.3, 0.4) is 0 Å². The van der Waals surface area contributed by atoms with Gasteiger partial charge in [-0.15, -0.1) is 0 Å². The first-order valence-electron chi connectivity index (χ1n) is 5.77. The molecule has 1 aromatic carbocycles. The maximum absolute atomic E-state index is 13.2. The molecule has 0 bridgehead atoms. The SMILES string of the molecule is CCc1nccn1-c1ccc(F)cc1CCN. The largest absolute Gasteiger partial charge is 0.330 e. The lowest BCUT2D eigenvalue weighted by Crippen LogP contribution is -2.08. The number of imidazole rings is 1. The highest BCUT2D eigenvalue weighted by molar-refractivity contribution is 5.42. The Balaban J connectivity index is 2.50. The fraction of sp³-hybridized carbons (Fsp3) is 0.308. The second-order valence-corrected chi connectivity index (χ2v) is 3.88. The smallest absolute Gasteiger partial charge is 0.123 e. The predicted octanol–water partition coefficient (Wildman–Crippen LogP) is 2.08. The van der Waals surface area contributed by atoms with Crippen LogP contribution in [0.1, 0.15) is 18.3 Å². The molecule has 0 unspecified atom stereocenters. The highest BCUT2D eigenvalue weighted by Crippen LogP contribution is 2.18. The van der Waals surface area contributed by atoms with E-state index in [2.05, 4.69) is 4.98 Å². The third-order valence-corrected chi connectivity index (χ3v) is 2.75. The molecule has 0 radical (unpaired) electrons. The van der Waals surface area contributed by atoms with Crippen LogP contribution < -0.4 is 5.73 Å². The van der Waals surface area contributed by atoms with Crippen LogP contribution in [0.4, 0.5) is 4.39 Å². The maximum atomic E-state index is 13.2. The van der Waals surface area contributed by atoms with Gasteiger partial charge in [0.15, 0.2) is 0 Å². The molecule has 0 saturated carbocycles. The third-order valence-electron chi connectivity index (χ3n) is 2.75. The Morgan fingerprint density at radius 3 is 2.94 bits per heavy atom. The molecule has 0 saturated heterocycles. The zero-order valence-electron chi connectivity index (χ0n) is 9.86. The minimum absolute atomic E-state index is 0.227. The van der Waals surface area contributed by atoms with Crippen LogP contribution in [0.5, 0.6) is 0 Å². The van der Waals surface area contributed by atoms with Crippen LogP contribution >= 0.6 is 0 Å². The molecule has 0 aliphatic heterocycles. The van der Waals surface area contributed by atoms with Gasteiger partial charge in [-0.2, -0.15) is 0 Å². The second kappa shape index (κ2) is 5.10. The van der Waals surface area contributed by atoms with Gasteiger partial charge in [0.2, 0.25) is 0 Å². The van der Waals surface area contributed by atoms with Crippen LogP contribution in [-0.4, -0.2) is 16.1 Å². The molecule has 3 nitrogen and oxygen atoms in total. The van der Waals surface area contributed by atoms with E-state index in [0.717, 1.165) is 23.5 Å². The van der Waals surface area contributed by atoms with Gasteiger partial charge >= 0.3 is 0 Å². The molecule has 0 aliphatic carbocycles. The fourth-order valence-electron chi connectivity index (χ4n) is 1.96. The third kappa shape index (κ3) is 2.36. The Morgan fingerprint density at radius 2 is 2.24 bits per heavy atom. The Morgan fingerprint density at radius 1 is 1.41 bits per heavy atom. The summed E-state index contributed by atoms with van der Waals surface area (Å²) < 4.78 is 15.2. The summed E-state index contributed by atoms with van der Waals surface area (Å²) in [7, 11) is 0. The molecule has 1 aromatic heterocycles. The van der Waals surface area contributed by atoms with Gasteiger partial charge in [-0.3, -0.25) is 0 Å². The van der Waals surface area contributed by atoms with Crippen molar-refractivity contribution in [1.29, 1.82) is 0 Å². The van der Waals surface area contributed by atoms with E-state index < -0.39 is 0 Å². The lowest BCUT2D eigenvalue weighted by molar-refractivity contribution is 0.624. The second-order valence-electron chi connectivity index (χ2n) is 3.88. The van der Waals surface area contributed by atoms with Crippen LogP contribution in [-0.2, 0) is 12.8 Å². The molecule has 90 valence electrons. The standard InChI is InChI=1S/C13H16FN3/c1-2-13-16-7-8-17(13)12-4-3-11(14)9-10(12)5-6-15/h3-4,7-9H,2,5-6,15H2,1H3. The molecule has 2 rings (SSSR count). The Labute approximate surface area is 100 Å². The minimum atomic E-state index is -0.227. The molecule has 0 aliphatic rings. The Bertz CT molecular complexity index is 505. The topological polar surface area (TPSA) is 43.8 Å². The summed E-state index contributed by atoms with van der Waals surface area (Å²) in [5.74, 6) is 0.741. The quantitative estimate of drug-likeness (QED) is 0.878. The maximum Gasteiger partial charge on any atom is 0.123 e. The van der Waals surface area contributed by atoms with E-state index in [9.17, 15) is 4.39 Å². The highest BCUT2D eigenvalue weighted by atomic mass is 19.1. The Kier molecular flexibility index (Phi) is 3.54. The number of nitrogens with two attached hydrogens (primary N) is 1. The van der Waals surface area contributed by atoms with Crippen LogP contribution in [0.15, 0.2) is 30.6 Å². The fourth-order valence-corrected chi connectivity index (χ4v) is 1.96. The molecular weight excluding hydrogens is 217 g/mol. The predicted molar refractivity (Wildman–Crippen MR) is 65.7 cm³/mol. The van der Waals surface area contributed by atoms with Crippen LogP contribution in [0.25, 0.3) is 5.69 Å². The summed E-state index contributed by atoms with van der Waals surface area (Å²) in [4.78, 5) is 4.27. The van der Waals surface area contributed by atoms with E-state index in [4.69, 9.17) is 5.73 Å². The van der Waals surface area contributed by atoms with Crippen molar-refractivity contribution < 1.29 is 4.39 Å². The highest BCUT2D eigenvalue weighted by Gasteiger charge is 2.08. The summed E-state index contributed by atoms with van der Waals surface area (Å²) >= 11 is 0. The lowest BCUT2D eigenvalue weighted by Gasteiger charge is -2.12. The van der Waals surface area contributed by atoms with Crippen molar-refractivity contribution in [2.24, 2.45) is 5.73 Å². The van der Waals surface area contributed by atoms with E-state index in [0.29, 0.717) is 13.0 Å². The van der Waals surface area contributed by atoms with Crippen molar-refractivity contribution in [2.75, 3.05) is 6.54 Å². The van der Waals surface area contributed by atoms with E-state index in [1.807, 2.05) is 17.7 Å². The summed E-state index contributed by atoms with van der Waals surface area (Å²) in [5, 5.41) is 0. The van der Waals surface area contributed by atoms with Gasteiger partial charge in [-0.25, -0.2) is 9.37 Å². The van der Waals surface area contributed by atoms with E-state index in [1.54, 1.807) is 18.3 Å². The minimum Gasteiger partial charge on any atom is -0.330 e. The Hall–Kier alpha value is -1.68. The molecule has 0 atom stereocenters. The molecule has 4 heteroatoms. The molecular formula is C13H16FN3. The van der Waals surface area contributed by atoms with Crippen LogP contribution in [0, 0.1) is 5.82 Å². The number of aromatic nitrogens is 2. The average Bonchev–Trinajstić information content (AvgIpc) is 2.78. The van der Waals surface area contributed by atoms with E-state index in [1.165, 1.54) is 6.07 Å². The van der Waals surface area contributed by atoms with Crippen molar-refractivity contribution in [3.05, 3.63) is 47.8 Å². The van der Waals surface area contributed by atoms with Gasteiger partial charge in [0, 0.05) is 18.8 Å². The first kappa shape index (κ1) is 11.8. The van der Waals surface area contributed by atoms with Gasteiger partial charge < -0.3 is 10.3 Å². The number of benzene rings is 1. The summed E-state index contributed by atoms with van der Waals surface area (Å²) in [6.07, 6.45) is 5.15. The number of nitrogens with zero attached hydrogens (tertiary/aromatic N) is 2. The zero-order valence-corrected chi connectivity index (χ0v) is 9.86. The summed E-state index contributed by atoms with van der Waals surface area (Å²) in [6.45, 7) is 2.55. The average molecular weight is 233 g/mol. The molecule has 0 fully saturated rings. The number of halogens is 1. The summed E-state index contributed by atoms with van der Waals surface area (Å²) in [5.41, 5.74) is 7.44. The molecule has 2 N–H and O–H groups in total. The monoisotopic (exact) mass is 233 g/mol. The molecule has 0 amide bonds. The van der Waals surface area contributed by atoms with Gasteiger partial charge in [0.05, 0.1) is 5.69 Å². The van der Waals surface area contributed by atoms with Gasteiger partial charge in [0.1, 0.15) is 11.6 Å². The first-order valence-corrected chi connectivity index (χ1v) is 5.77. The van der Waals surface area contributed by atoms with E-state index >= 15 is 0 Å². The van der Waals surface area contributed by atoms with Crippen molar-refractivity contribution in [2.45, 2.75) is 19.8 Å². The molecule has 17 heavy (non-hydrogen) atoms. The lowest BCUT2D eigenvalue weighted by atomic mass is 10.1. The molecule has 0 spiro atoms. The number of hydrogen-bond donors (Lipinski definition) is 1. The van der Waals surface area contributed by atoms with Gasteiger partial charge in [0.25, 0.3) is 0 Å². The van der Waals surface area contributed by atoms with Gasteiger partial charge in [-0.1, -0.05) is 6.92 Å². The normalized spacial score (nSPS) is 10.8. The summed E-state index contributed by atoms with van der Waals surface area (Å²) in [6, 6.07) is 4.79. The van der Waals surface area contributed by atoms with Crippen molar-refractivity contribution in [1.82, 2.24) is 9.55 Å². The number of rotatable bonds is 4. The van der Waals surface area contributed by atoms with Crippen molar-refractivity contribution >= 4 is 0 Å².